The number of carboxylic acid groups (broad SMARTS) is 1. The first kappa shape index (κ1) is 9.77. The van der Waals surface area contributed by atoms with Crippen LogP contribution in [0.5, 0.6) is 5.75 Å². The molecule has 0 amide bonds. The quantitative estimate of drug-likeness (QED) is 0.710. The van der Waals surface area contributed by atoms with Gasteiger partial charge in [0.2, 0.25) is 5.71 Å². The summed E-state index contributed by atoms with van der Waals surface area (Å²) in [5.41, 5.74) is 1.18. The highest BCUT2D eigenvalue weighted by atomic mass is 16.5. The molecule has 0 bridgehead atoms. The molecular formula is C12H9NO4. The first-order valence-corrected chi connectivity index (χ1v) is 5.02. The number of fused-ring (bicyclic) bond motifs is 3. The molecule has 5 nitrogen and oxygen atoms in total. The van der Waals surface area contributed by atoms with Gasteiger partial charge >= 0.3 is 5.97 Å². The lowest BCUT2D eigenvalue weighted by atomic mass is 10.2. The van der Waals surface area contributed by atoms with Crippen LogP contribution in [0.4, 0.5) is 0 Å². The van der Waals surface area contributed by atoms with Gasteiger partial charge in [-0.3, -0.25) is 0 Å². The van der Waals surface area contributed by atoms with Crippen molar-refractivity contribution in [2.24, 2.45) is 0 Å². The maximum absolute atomic E-state index is 10.8. The van der Waals surface area contributed by atoms with Gasteiger partial charge in [0, 0.05) is 10.8 Å². The number of hydrogen-bond acceptors (Lipinski definition) is 3. The standard InChI is InChI=1S/C12H9NO4/c1-16-9-4-2-3-6-7-5-8(12(14)15)13-11(7)17-10(6)9/h2-5,13H,1H3,(H,14,15). The number of para-hydroxylation sites is 1. The Bertz CT molecular complexity index is 723. The number of H-pyrrole nitrogens is 1. The molecule has 2 aromatic heterocycles. The topological polar surface area (TPSA) is 75.5 Å². The average molecular weight is 231 g/mol. The van der Waals surface area contributed by atoms with Crippen molar-refractivity contribution in [3.63, 3.8) is 0 Å². The minimum absolute atomic E-state index is 0.114. The molecular weight excluding hydrogens is 222 g/mol. The Hall–Kier alpha value is -2.43. The van der Waals surface area contributed by atoms with Crippen LogP contribution in [0.1, 0.15) is 10.5 Å². The number of aromatic nitrogens is 1. The van der Waals surface area contributed by atoms with Crippen LogP contribution in [0, 0.1) is 0 Å². The third-order valence-electron chi connectivity index (χ3n) is 2.71. The van der Waals surface area contributed by atoms with E-state index in [1.54, 1.807) is 19.2 Å². The van der Waals surface area contributed by atoms with Crippen LogP contribution >= 0.6 is 0 Å². The smallest absolute Gasteiger partial charge is 0.352 e. The van der Waals surface area contributed by atoms with E-state index in [0.717, 1.165) is 10.8 Å². The van der Waals surface area contributed by atoms with E-state index in [0.29, 0.717) is 17.0 Å². The van der Waals surface area contributed by atoms with Gasteiger partial charge in [0.1, 0.15) is 5.69 Å². The van der Waals surface area contributed by atoms with E-state index in [4.69, 9.17) is 14.3 Å². The minimum Gasteiger partial charge on any atom is -0.493 e. The van der Waals surface area contributed by atoms with E-state index < -0.39 is 5.97 Å². The number of furan rings is 1. The number of aromatic amines is 1. The summed E-state index contributed by atoms with van der Waals surface area (Å²) in [6.45, 7) is 0. The Balaban J connectivity index is 2.38. The Labute approximate surface area is 95.6 Å². The first-order chi connectivity index (χ1) is 8.20. The molecule has 0 spiro atoms. The molecule has 0 saturated carbocycles. The molecule has 0 radical (unpaired) electrons. The van der Waals surface area contributed by atoms with Gasteiger partial charge in [0.15, 0.2) is 11.3 Å². The Morgan fingerprint density at radius 1 is 1.41 bits per heavy atom. The summed E-state index contributed by atoms with van der Waals surface area (Å²) >= 11 is 0. The molecule has 0 fully saturated rings. The van der Waals surface area contributed by atoms with E-state index in [2.05, 4.69) is 4.98 Å². The summed E-state index contributed by atoms with van der Waals surface area (Å²) in [5.74, 6) is -0.378. The van der Waals surface area contributed by atoms with Crippen LogP contribution in [0.25, 0.3) is 22.1 Å². The predicted molar refractivity (Wildman–Crippen MR) is 61.6 cm³/mol. The first-order valence-electron chi connectivity index (χ1n) is 5.02. The molecule has 3 aromatic rings. The van der Waals surface area contributed by atoms with Crippen molar-refractivity contribution in [3.8, 4) is 5.75 Å². The van der Waals surface area contributed by atoms with E-state index in [1.807, 2.05) is 12.1 Å². The van der Waals surface area contributed by atoms with E-state index in [-0.39, 0.29) is 5.69 Å². The molecule has 3 rings (SSSR count). The van der Waals surface area contributed by atoms with Crippen LogP contribution in [0.3, 0.4) is 0 Å². The van der Waals surface area contributed by atoms with Gasteiger partial charge in [-0.2, -0.15) is 0 Å². The fourth-order valence-corrected chi connectivity index (χ4v) is 1.93. The summed E-state index contributed by atoms with van der Waals surface area (Å²) in [6.07, 6.45) is 0. The van der Waals surface area contributed by atoms with E-state index in [1.165, 1.54) is 0 Å². The summed E-state index contributed by atoms with van der Waals surface area (Å²) < 4.78 is 10.7. The van der Waals surface area contributed by atoms with Gasteiger partial charge in [0.25, 0.3) is 0 Å². The zero-order chi connectivity index (χ0) is 12.0. The Kier molecular flexibility index (Phi) is 1.89. The van der Waals surface area contributed by atoms with Gasteiger partial charge in [-0.15, -0.1) is 0 Å². The monoisotopic (exact) mass is 231 g/mol. The predicted octanol–water partition coefficient (Wildman–Crippen LogP) is 2.62. The number of hydrogen-bond donors (Lipinski definition) is 2. The van der Waals surface area contributed by atoms with Gasteiger partial charge < -0.3 is 19.2 Å². The van der Waals surface area contributed by atoms with Crippen molar-refractivity contribution in [1.82, 2.24) is 4.98 Å². The van der Waals surface area contributed by atoms with Crippen molar-refractivity contribution < 1.29 is 19.1 Å². The van der Waals surface area contributed by atoms with Crippen LogP contribution in [0.15, 0.2) is 28.7 Å². The number of methoxy groups -OCH3 is 1. The lowest BCUT2D eigenvalue weighted by molar-refractivity contribution is 0.0691. The molecule has 2 heterocycles. The normalized spacial score (nSPS) is 11.1. The van der Waals surface area contributed by atoms with Crippen LogP contribution < -0.4 is 4.74 Å². The van der Waals surface area contributed by atoms with Gasteiger partial charge in [-0.1, -0.05) is 12.1 Å². The zero-order valence-electron chi connectivity index (χ0n) is 8.98. The van der Waals surface area contributed by atoms with Gasteiger partial charge in [0.05, 0.1) is 7.11 Å². The number of ether oxygens (including phenoxy) is 1. The molecule has 2 N–H and O–H groups in total. The highest BCUT2D eigenvalue weighted by Crippen LogP contribution is 2.34. The lowest BCUT2D eigenvalue weighted by Crippen LogP contribution is -1.94. The van der Waals surface area contributed by atoms with E-state index >= 15 is 0 Å². The molecule has 17 heavy (non-hydrogen) atoms. The minimum atomic E-state index is -1.01. The molecule has 86 valence electrons. The van der Waals surface area contributed by atoms with Crippen molar-refractivity contribution >= 4 is 28.0 Å². The average Bonchev–Trinajstić information content (AvgIpc) is 2.85. The summed E-state index contributed by atoms with van der Waals surface area (Å²) in [5, 5.41) is 10.5. The molecule has 0 aliphatic rings. The Morgan fingerprint density at radius 2 is 2.24 bits per heavy atom. The third kappa shape index (κ3) is 1.29. The third-order valence-corrected chi connectivity index (χ3v) is 2.71. The van der Waals surface area contributed by atoms with Crippen LogP contribution in [-0.4, -0.2) is 23.2 Å². The molecule has 0 atom stereocenters. The summed E-state index contributed by atoms with van der Waals surface area (Å²) in [7, 11) is 1.56. The molecule has 0 saturated heterocycles. The molecule has 0 aliphatic carbocycles. The molecule has 1 aromatic carbocycles. The largest absolute Gasteiger partial charge is 0.493 e. The van der Waals surface area contributed by atoms with Crippen LogP contribution in [0.2, 0.25) is 0 Å². The van der Waals surface area contributed by atoms with Crippen molar-refractivity contribution in [3.05, 3.63) is 30.0 Å². The number of carboxylic acids is 1. The number of nitrogens with one attached hydrogen (secondary N) is 1. The lowest BCUT2D eigenvalue weighted by Gasteiger charge is -1.98. The number of carbonyl (C=O) groups is 1. The summed E-state index contributed by atoms with van der Waals surface area (Å²) in [6, 6.07) is 7.05. The number of rotatable bonds is 2. The fraction of sp³-hybridized carbons (Fsp3) is 0.0833. The maximum atomic E-state index is 10.8. The van der Waals surface area contributed by atoms with Crippen LogP contribution in [-0.2, 0) is 0 Å². The number of aromatic carboxylic acids is 1. The van der Waals surface area contributed by atoms with Crippen molar-refractivity contribution in [2.45, 2.75) is 0 Å². The highest BCUT2D eigenvalue weighted by molar-refractivity contribution is 6.08. The number of benzene rings is 1. The van der Waals surface area contributed by atoms with E-state index in [9.17, 15) is 4.79 Å². The second-order valence-corrected chi connectivity index (χ2v) is 3.67. The summed E-state index contributed by atoms with van der Waals surface area (Å²) in [4.78, 5) is 13.5. The second kappa shape index (κ2) is 3.28. The second-order valence-electron chi connectivity index (χ2n) is 3.67. The van der Waals surface area contributed by atoms with Gasteiger partial charge in [-0.05, 0) is 12.1 Å². The van der Waals surface area contributed by atoms with Gasteiger partial charge in [-0.25, -0.2) is 4.79 Å². The highest BCUT2D eigenvalue weighted by Gasteiger charge is 2.15. The zero-order valence-corrected chi connectivity index (χ0v) is 8.98. The fourth-order valence-electron chi connectivity index (χ4n) is 1.93. The Morgan fingerprint density at radius 3 is 2.94 bits per heavy atom. The van der Waals surface area contributed by atoms with Crippen molar-refractivity contribution in [2.75, 3.05) is 7.11 Å². The molecule has 0 aliphatic heterocycles. The SMILES string of the molecule is COc1cccc2c1oc1[nH]c(C(=O)O)cc12. The molecule has 5 heteroatoms. The molecule has 0 unspecified atom stereocenters. The van der Waals surface area contributed by atoms with Crippen molar-refractivity contribution in [1.29, 1.82) is 0 Å². The maximum Gasteiger partial charge on any atom is 0.352 e.